The van der Waals surface area contributed by atoms with Crippen molar-refractivity contribution in [2.75, 3.05) is 7.11 Å². The minimum Gasteiger partial charge on any atom is -0.508 e. The predicted octanol–water partition coefficient (Wildman–Crippen LogP) is 4.99. The van der Waals surface area contributed by atoms with Crippen LogP contribution in [0.5, 0.6) is 11.5 Å². The molecule has 0 fully saturated rings. The second-order valence-electron chi connectivity index (χ2n) is 8.68. The molecule has 2 heterocycles. The number of hydrogen-bond acceptors (Lipinski definition) is 4. The maximum absolute atomic E-state index is 13.9. The van der Waals surface area contributed by atoms with Gasteiger partial charge in [0.25, 0.3) is 0 Å². The maximum Gasteiger partial charge on any atom is 0.225 e. The lowest BCUT2D eigenvalue weighted by Gasteiger charge is -2.20. The normalized spacial score (nSPS) is 12.0. The van der Waals surface area contributed by atoms with Gasteiger partial charge in [-0.05, 0) is 65.7 Å². The second-order valence-corrected chi connectivity index (χ2v) is 8.68. The van der Waals surface area contributed by atoms with E-state index >= 15 is 0 Å². The Balaban J connectivity index is 1.46. The number of fused-ring (bicyclic) bond motifs is 1. The van der Waals surface area contributed by atoms with E-state index in [1.54, 1.807) is 56.0 Å². The van der Waals surface area contributed by atoms with Crippen LogP contribution in [0.3, 0.4) is 0 Å². The lowest BCUT2D eigenvalue weighted by Crippen LogP contribution is -2.33. The summed E-state index contributed by atoms with van der Waals surface area (Å²) in [4.78, 5) is 20.8. The van der Waals surface area contributed by atoms with Gasteiger partial charge in [0.15, 0.2) is 0 Å². The monoisotopic (exact) mass is 502 g/mol. The van der Waals surface area contributed by atoms with E-state index < -0.39 is 17.7 Å². The molecule has 0 radical (unpaired) electrons. The molecule has 37 heavy (non-hydrogen) atoms. The number of phenolic OH excluding ortho intramolecular Hbond substituents is 1. The van der Waals surface area contributed by atoms with Gasteiger partial charge in [-0.2, -0.15) is 0 Å². The van der Waals surface area contributed by atoms with Crippen molar-refractivity contribution in [2.45, 2.75) is 18.9 Å². The summed E-state index contributed by atoms with van der Waals surface area (Å²) >= 11 is 0. The molecule has 0 saturated carbocycles. The van der Waals surface area contributed by atoms with Crippen LogP contribution >= 0.6 is 0 Å². The number of H-pyrrole nitrogens is 1. The molecule has 3 N–H and O–H groups in total. The fraction of sp³-hybridized carbons (Fsp3) is 0.143. The molecule has 0 saturated heterocycles. The number of aromatic nitrogens is 3. The molecular weight excluding hydrogens is 478 g/mol. The number of phenols is 1. The molecule has 0 spiro atoms. The summed E-state index contributed by atoms with van der Waals surface area (Å²) in [5, 5.41) is 13.6. The van der Waals surface area contributed by atoms with E-state index in [4.69, 9.17) is 4.74 Å². The maximum atomic E-state index is 13.9. The predicted molar refractivity (Wildman–Crippen MR) is 135 cm³/mol. The van der Waals surface area contributed by atoms with Crippen LogP contribution in [0.1, 0.15) is 23.0 Å². The molecule has 1 amide bonds. The van der Waals surface area contributed by atoms with Gasteiger partial charge >= 0.3 is 0 Å². The largest absolute Gasteiger partial charge is 0.508 e. The molecule has 188 valence electrons. The number of methoxy groups -OCH3 is 1. The highest BCUT2D eigenvalue weighted by molar-refractivity contribution is 5.89. The Kier molecular flexibility index (Phi) is 6.59. The van der Waals surface area contributed by atoms with E-state index in [2.05, 4.69) is 15.3 Å². The summed E-state index contributed by atoms with van der Waals surface area (Å²) in [6.45, 7) is 0. The minimum atomic E-state index is -0.697. The highest BCUT2D eigenvalue weighted by atomic mass is 19.1. The van der Waals surface area contributed by atoms with Crippen LogP contribution in [0.25, 0.3) is 16.6 Å². The molecule has 9 heteroatoms. The number of ether oxygens (including phenoxy) is 1. The van der Waals surface area contributed by atoms with Crippen molar-refractivity contribution in [2.24, 2.45) is 0 Å². The van der Waals surface area contributed by atoms with Crippen LogP contribution in [0.2, 0.25) is 0 Å². The van der Waals surface area contributed by atoms with E-state index in [9.17, 15) is 18.7 Å². The smallest absolute Gasteiger partial charge is 0.225 e. The number of carbonyl (C=O) groups excluding carboxylic acids is 1. The summed E-state index contributed by atoms with van der Waals surface area (Å²) in [6, 6.07) is 14.8. The van der Waals surface area contributed by atoms with Crippen molar-refractivity contribution < 1.29 is 23.4 Å². The Labute approximate surface area is 211 Å². The van der Waals surface area contributed by atoms with E-state index in [0.29, 0.717) is 22.7 Å². The number of rotatable bonds is 8. The number of benzene rings is 3. The molecule has 0 bridgehead atoms. The molecular formula is C28H24F2N4O3. The van der Waals surface area contributed by atoms with Gasteiger partial charge in [0.05, 0.1) is 19.6 Å². The van der Waals surface area contributed by atoms with Crippen molar-refractivity contribution in [3.8, 4) is 17.2 Å². The fourth-order valence-electron chi connectivity index (χ4n) is 4.44. The lowest BCUT2D eigenvalue weighted by molar-refractivity contribution is -0.121. The zero-order chi connectivity index (χ0) is 25.9. The number of halogens is 2. The Morgan fingerprint density at radius 2 is 1.86 bits per heavy atom. The van der Waals surface area contributed by atoms with E-state index in [0.717, 1.165) is 22.7 Å². The van der Waals surface area contributed by atoms with E-state index in [1.807, 2.05) is 16.7 Å². The van der Waals surface area contributed by atoms with Gasteiger partial charge in [-0.15, -0.1) is 0 Å². The van der Waals surface area contributed by atoms with E-state index in [1.165, 1.54) is 12.1 Å². The van der Waals surface area contributed by atoms with Crippen molar-refractivity contribution in [3.05, 3.63) is 108 Å². The first kappa shape index (κ1) is 24.1. The summed E-state index contributed by atoms with van der Waals surface area (Å²) < 4.78 is 34.9. The van der Waals surface area contributed by atoms with Crippen molar-refractivity contribution in [1.82, 2.24) is 19.9 Å². The Hall–Kier alpha value is -4.66. The van der Waals surface area contributed by atoms with Crippen LogP contribution in [0.4, 0.5) is 8.78 Å². The average molecular weight is 503 g/mol. The number of amides is 1. The number of aromatic amines is 1. The quantitative estimate of drug-likeness (QED) is 0.279. The van der Waals surface area contributed by atoms with Crippen molar-refractivity contribution in [1.29, 1.82) is 0 Å². The Morgan fingerprint density at radius 1 is 1.11 bits per heavy atom. The SMILES string of the molecule is COc1ccc(-n2ccnc2[C@@H](Cc2cc(F)cc(F)c2)NC(=O)Cc2c[nH]c3ccc(O)cc23)cc1. The summed E-state index contributed by atoms with van der Waals surface area (Å²) in [7, 11) is 1.58. The standard InChI is InChI=1S/C28H24F2N4O3/c1-37-23-5-2-21(3-6-23)34-9-8-31-28(34)26(12-17-10-19(29)14-20(30)11-17)33-27(36)13-18-16-32-25-7-4-22(35)15-24(18)25/h2-11,14-16,26,32,35H,12-13H2,1H3,(H,33,36)/t26-/m1/s1. The van der Waals surface area contributed by atoms with Gasteiger partial charge in [0.2, 0.25) is 5.91 Å². The molecule has 5 aromatic rings. The van der Waals surface area contributed by atoms with Gasteiger partial charge in [-0.1, -0.05) is 0 Å². The van der Waals surface area contributed by atoms with Gasteiger partial charge in [-0.25, -0.2) is 13.8 Å². The Morgan fingerprint density at radius 3 is 2.59 bits per heavy atom. The van der Waals surface area contributed by atoms with Crippen molar-refractivity contribution >= 4 is 16.8 Å². The summed E-state index contributed by atoms with van der Waals surface area (Å²) in [6.07, 6.45) is 5.22. The highest BCUT2D eigenvalue weighted by Gasteiger charge is 2.22. The molecule has 0 aliphatic rings. The first-order valence-electron chi connectivity index (χ1n) is 11.6. The number of imidazole rings is 1. The number of carbonyl (C=O) groups is 1. The van der Waals surface area contributed by atoms with Crippen LogP contribution in [-0.4, -0.2) is 32.7 Å². The molecule has 2 aromatic heterocycles. The third-order valence-corrected chi connectivity index (χ3v) is 6.13. The zero-order valence-corrected chi connectivity index (χ0v) is 19.9. The topological polar surface area (TPSA) is 92.2 Å². The van der Waals surface area contributed by atoms with Gasteiger partial charge in [0.1, 0.15) is 29.0 Å². The van der Waals surface area contributed by atoms with Crippen LogP contribution < -0.4 is 10.1 Å². The lowest BCUT2D eigenvalue weighted by atomic mass is 10.0. The molecule has 1 atom stereocenters. The third-order valence-electron chi connectivity index (χ3n) is 6.13. The number of hydrogen-bond donors (Lipinski definition) is 3. The number of aromatic hydroxyl groups is 1. The molecule has 0 aliphatic heterocycles. The third kappa shape index (κ3) is 5.30. The molecule has 0 aliphatic carbocycles. The number of nitrogens with zero attached hydrogens (tertiary/aromatic N) is 2. The van der Waals surface area contributed by atoms with Gasteiger partial charge in [-0.3, -0.25) is 4.79 Å². The molecule has 3 aromatic carbocycles. The number of nitrogens with one attached hydrogen (secondary N) is 2. The summed E-state index contributed by atoms with van der Waals surface area (Å²) in [5.41, 5.74) is 2.66. The van der Waals surface area contributed by atoms with Crippen LogP contribution in [0.15, 0.2) is 79.3 Å². The molecule has 5 rings (SSSR count). The van der Waals surface area contributed by atoms with Crippen LogP contribution in [-0.2, 0) is 17.6 Å². The molecule has 7 nitrogen and oxygen atoms in total. The van der Waals surface area contributed by atoms with Crippen molar-refractivity contribution in [3.63, 3.8) is 0 Å². The first-order valence-corrected chi connectivity index (χ1v) is 11.6. The highest BCUT2D eigenvalue weighted by Crippen LogP contribution is 2.26. The Bertz CT molecular complexity index is 1540. The van der Waals surface area contributed by atoms with E-state index in [-0.39, 0.29) is 24.5 Å². The zero-order valence-electron chi connectivity index (χ0n) is 19.9. The minimum absolute atomic E-state index is 0.0285. The second kappa shape index (κ2) is 10.1. The average Bonchev–Trinajstić information content (AvgIpc) is 3.51. The molecule has 0 unspecified atom stereocenters. The summed E-state index contributed by atoms with van der Waals surface area (Å²) in [5.74, 6) is -0.416. The van der Waals surface area contributed by atoms with Gasteiger partial charge in [0, 0.05) is 47.7 Å². The first-order chi connectivity index (χ1) is 17.9. The van der Waals surface area contributed by atoms with Gasteiger partial charge < -0.3 is 24.7 Å². The van der Waals surface area contributed by atoms with Crippen LogP contribution in [0, 0.1) is 11.6 Å². The fourth-order valence-corrected chi connectivity index (χ4v) is 4.44.